The predicted octanol–water partition coefficient (Wildman–Crippen LogP) is 0.396. The summed E-state index contributed by atoms with van der Waals surface area (Å²) in [5.41, 5.74) is 6.65. The highest BCUT2D eigenvalue weighted by molar-refractivity contribution is 7.89. The van der Waals surface area contributed by atoms with Crippen molar-refractivity contribution in [3.05, 3.63) is 11.4 Å². The average molecular weight is 274 g/mol. The van der Waals surface area contributed by atoms with Crippen molar-refractivity contribution in [3.63, 3.8) is 0 Å². The normalized spacial score (nSPS) is 12.3. The Morgan fingerprint density at radius 1 is 1.39 bits per heavy atom. The van der Waals surface area contributed by atoms with Crippen molar-refractivity contribution in [3.8, 4) is 0 Å². The van der Waals surface area contributed by atoms with Crippen LogP contribution in [0.5, 0.6) is 0 Å². The minimum absolute atomic E-state index is 0.323. The zero-order valence-corrected chi connectivity index (χ0v) is 12.3. The summed E-state index contributed by atoms with van der Waals surface area (Å²) >= 11 is 0. The largest absolute Gasteiger partial charge is 0.330 e. The molecule has 0 fully saturated rings. The van der Waals surface area contributed by atoms with E-state index < -0.39 is 10.0 Å². The average Bonchev–Trinajstić information content (AvgIpc) is 2.54. The van der Waals surface area contributed by atoms with Crippen molar-refractivity contribution in [2.24, 2.45) is 12.8 Å². The maximum absolute atomic E-state index is 12.6. The molecule has 0 aromatic carbocycles. The number of aryl methyl sites for hydroxylation is 2. The van der Waals surface area contributed by atoms with Gasteiger partial charge in [-0.1, -0.05) is 6.92 Å². The number of sulfonamides is 1. The predicted molar refractivity (Wildman–Crippen MR) is 70.8 cm³/mol. The topological polar surface area (TPSA) is 81.2 Å². The fourth-order valence-corrected chi connectivity index (χ4v) is 3.86. The Labute approximate surface area is 109 Å². The number of aromatic nitrogens is 2. The smallest absolute Gasteiger partial charge is 0.246 e. The first-order valence-electron chi connectivity index (χ1n) is 6.06. The Bertz CT molecular complexity index is 507. The summed E-state index contributed by atoms with van der Waals surface area (Å²) in [5, 5.41) is 4.16. The highest BCUT2D eigenvalue weighted by atomic mass is 32.2. The molecule has 0 saturated carbocycles. The van der Waals surface area contributed by atoms with Crippen molar-refractivity contribution < 1.29 is 8.42 Å². The molecule has 0 spiro atoms. The lowest BCUT2D eigenvalue weighted by Gasteiger charge is -2.20. The molecule has 1 heterocycles. The van der Waals surface area contributed by atoms with Gasteiger partial charge in [0, 0.05) is 20.1 Å². The molecule has 2 N–H and O–H groups in total. The van der Waals surface area contributed by atoms with Crippen LogP contribution < -0.4 is 5.73 Å². The van der Waals surface area contributed by atoms with Crippen LogP contribution in [0.4, 0.5) is 0 Å². The molecule has 0 aliphatic carbocycles. The molecular weight excluding hydrogens is 252 g/mol. The summed E-state index contributed by atoms with van der Waals surface area (Å²) in [5.74, 6) is 0. The first-order chi connectivity index (χ1) is 8.36. The SMILES string of the molecule is CCN(CCCN)S(=O)(=O)c1c(C)nn(C)c1C. The van der Waals surface area contributed by atoms with Gasteiger partial charge in [-0.25, -0.2) is 8.42 Å². The lowest BCUT2D eigenvalue weighted by atomic mass is 10.4. The molecule has 1 rings (SSSR count). The summed E-state index contributed by atoms with van der Waals surface area (Å²) in [6, 6.07) is 0. The Balaban J connectivity index is 3.19. The van der Waals surface area contributed by atoms with E-state index in [-0.39, 0.29) is 0 Å². The van der Waals surface area contributed by atoms with E-state index in [1.54, 1.807) is 25.6 Å². The van der Waals surface area contributed by atoms with Gasteiger partial charge in [0.05, 0.1) is 11.4 Å². The van der Waals surface area contributed by atoms with Gasteiger partial charge in [-0.3, -0.25) is 4.68 Å². The third-order valence-corrected chi connectivity index (χ3v) is 5.23. The quantitative estimate of drug-likeness (QED) is 0.814. The van der Waals surface area contributed by atoms with Crippen LogP contribution in [0.2, 0.25) is 0 Å². The van der Waals surface area contributed by atoms with Crippen LogP contribution in [0.25, 0.3) is 0 Å². The minimum atomic E-state index is -3.47. The van der Waals surface area contributed by atoms with Gasteiger partial charge in [-0.2, -0.15) is 9.40 Å². The molecule has 0 aliphatic rings. The molecule has 1 aromatic heterocycles. The number of hydrogen-bond donors (Lipinski definition) is 1. The van der Waals surface area contributed by atoms with E-state index in [0.717, 1.165) is 0 Å². The van der Waals surface area contributed by atoms with E-state index in [0.29, 0.717) is 42.3 Å². The zero-order valence-electron chi connectivity index (χ0n) is 11.5. The molecule has 0 unspecified atom stereocenters. The molecule has 104 valence electrons. The number of nitrogens with two attached hydrogens (primary N) is 1. The van der Waals surface area contributed by atoms with Gasteiger partial charge in [0.25, 0.3) is 0 Å². The van der Waals surface area contributed by atoms with Crippen molar-refractivity contribution in [2.45, 2.75) is 32.1 Å². The molecule has 0 saturated heterocycles. The maximum atomic E-state index is 12.6. The molecule has 1 aromatic rings. The van der Waals surface area contributed by atoms with Crippen LogP contribution in [-0.4, -0.2) is 42.1 Å². The van der Waals surface area contributed by atoms with Crippen LogP contribution in [0.1, 0.15) is 24.7 Å². The molecule has 6 nitrogen and oxygen atoms in total. The first-order valence-corrected chi connectivity index (χ1v) is 7.50. The van der Waals surface area contributed by atoms with Crippen LogP contribution in [0.3, 0.4) is 0 Å². The van der Waals surface area contributed by atoms with Crippen molar-refractivity contribution in [1.82, 2.24) is 14.1 Å². The molecule has 7 heteroatoms. The van der Waals surface area contributed by atoms with E-state index >= 15 is 0 Å². The van der Waals surface area contributed by atoms with E-state index in [2.05, 4.69) is 5.10 Å². The highest BCUT2D eigenvalue weighted by Crippen LogP contribution is 2.22. The highest BCUT2D eigenvalue weighted by Gasteiger charge is 2.29. The van der Waals surface area contributed by atoms with Crippen LogP contribution in [-0.2, 0) is 17.1 Å². The van der Waals surface area contributed by atoms with Gasteiger partial charge in [-0.15, -0.1) is 0 Å². The number of hydrogen-bond acceptors (Lipinski definition) is 4. The monoisotopic (exact) mass is 274 g/mol. The lowest BCUT2D eigenvalue weighted by molar-refractivity contribution is 0.422. The standard InChI is InChI=1S/C11H22N4O2S/c1-5-15(8-6-7-12)18(16,17)11-9(2)13-14(4)10(11)3/h5-8,12H2,1-4H3. The summed E-state index contributed by atoms with van der Waals surface area (Å²) in [6.07, 6.45) is 0.658. The Hall–Kier alpha value is -0.920. The summed E-state index contributed by atoms with van der Waals surface area (Å²) in [4.78, 5) is 0.323. The van der Waals surface area contributed by atoms with Crippen LogP contribution in [0.15, 0.2) is 4.90 Å². The number of rotatable bonds is 6. The fraction of sp³-hybridized carbons (Fsp3) is 0.727. The second-order valence-corrected chi connectivity index (χ2v) is 6.14. The van der Waals surface area contributed by atoms with Crippen molar-refractivity contribution in [2.75, 3.05) is 19.6 Å². The van der Waals surface area contributed by atoms with E-state index in [1.165, 1.54) is 4.31 Å². The Morgan fingerprint density at radius 2 is 2.00 bits per heavy atom. The molecule has 0 radical (unpaired) electrons. The van der Waals surface area contributed by atoms with E-state index in [9.17, 15) is 8.42 Å². The summed E-state index contributed by atoms with van der Waals surface area (Å²) in [6.45, 7) is 6.69. The summed E-state index contributed by atoms with van der Waals surface area (Å²) in [7, 11) is -1.72. The lowest BCUT2D eigenvalue weighted by Crippen LogP contribution is -2.33. The van der Waals surface area contributed by atoms with Gasteiger partial charge >= 0.3 is 0 Å². The second kappa shape index (κ2) is 5.81. The second-order valence-electron chi connectivity index (χ2n) is 4.26. The maximum Gasteiger partial charge on any atom is 0.246 e. The molecule has 0 aliphatic heterocycles. The van der Waals surface area contributed by atoms with E-state index in [4.69, 9.17) is 5.73 Å². The molecule has 18 heavy (non-hydrogen) atoms. The fourth-order valence-electron chi connectivity index (χ4n) is 1.97. The van der Waals surface area contributed by atoms with E-state index in [1.807, 2.05) is 6.92 Å². The molecular formula is C11H22N4O2S. The van der Waals surface area contributed by atoms with Gasteiger partial charge in [0.2, 0.25) is 10.0 Å². The first kappa shape index (κ1) is 15.1. The van der Waals surface area contributed by atoms with Crippen molar-refractivity contribution >= 4 is 10.0 Å². The third-order valence-electron chi connectivity index (χ3n) is 3.00. The molecule has 0 atom stereocenters. The van der Waals surface area contributed by atoms with Gasteiger partial charge in [0.1, 0.15) is 4.90 Å². The van der Waals surface area contributed by atoms with Crippen molar-refractivity contribution in [1.29, 1.82) is 0 Å². The van der Waals surface area contributed by atoms with Crippen LogP contribution in [0, 0.1) is 13.8 Å². The Morgan fingerprint density at radius 3 is 2.39 bits per heavy atom. The molecule has 0 amide bonds. The van der Waals surface area contributed by atoms with Gasteiger partial charge in [0.15, 0.2) is 0 Å². The number of nitrogens with zero attached hydrogens (tertiary/aromatic N) is 3. The minimum Gasteiger partial charge on any atom is -0.330 e. The molecule has 0 bridgehead atoms. The Kier molecular flexibility index (Phi) is 4.89. The van der Waals surface area contributed by atoms with Crippen LogP contribution >= 0.6 is 0 Å². The summed E-state index contributed by atoms with van der Waals surface area (Å²) < 4.78 is 28.2. The van der Waals surface area contributed by atoms with Gasteiger partial charge < -0.3 is 5.73 Å². The third kappa shape index (κ3) is 2.73. The van der Waals surface area contributed by atoms with Gasteiger partial charge in [-0.05, 0) is 26.8 Å². The zero-order chi connectivity index (χ0) is 13.9.